The highest BCUT2D eigenvalue weighted by Crippen LogP contribution is 2.20. The molecule has 0 spiro atoms. The molecule has 0 radical (unpaired) electrons. The number of hydrogen-bond donors (Lipinski definition) is 0. The minimum absolute atomic E-state index is 0.801. The topological polar surface area (TPSA) is 30.2 Å². The quantitative estimate of drug-likeness (QED) is 0.455. The van der Waals surface area contributed by atoms with Crippen LogP contribution in [-0.4, -0.2) is 14.4 Å². The molecule has 3 nitrogen and oxygen atoms in total. The van der Waals surface area contributed by atoms with Gasteiger partial charge in [0.2, 0.25) is 0 Å². The highest BCUT2D eigenvalue weighted by Gasteiger charge is 2.05. The van der Waals surface area contributed by atoms with Gasteiger partial charge in [-0.2, -0.15) is 0 Å². The zero-order chi connectivity index (χ0) is 11.2. The zero-order valence-electron chi connectivity index (χ0n) is 9.04. The van der Waals surface area contributed by atoms with Crippen LogP contribution >= 0.6 is 0 Å². The van der Waals surface area contributed by atoms with Crippen molar-refractivity contribution in [1.82, 2.24) is 14.4 Å². The lowest BCUT2D eigenvalue weighted by molar-refractivity contribution is 1.23. The van der Waals surface area contributed by atoms with Gasteiger partial charge in [0, 0.05) is 11.6 Å². The van der Waals surface area contributed by atoms with Crippen molar-refractivity contribution in [3.63, 3.8) is 0 Å². The maximum atomic E-state index is 4.58. The van der Waals surface area contributed by atoms with Gasteiger partial charge in [0.1, 0.15) is 5.65 Å². The number of fused-ring (bicyclic) bond motifs is 4. The Kier molecular flexibility index (Phi) is 1.56. The number of benzene rings is 1. The van der Waals surface area contributed by atoms with Gasteiger partial charge in [-0.25, -0.2) is 9.97 Å². The molecule has 0 aliphatic heterocycles. The molecule has 0 atom stereocenters. The summed E-state index contributed by atoms with van der Waals surface area (Å²) in [7, 11) is 0. The Balaban J connectivity index is 2.28. The smallest absolute Gasteiger partial charge is 0.179 e. The number of pyridine rings is 2. The molecule has 0 fully saturated rings. The summed E-state index contributed by atoms with van der Waals surface area (Å²) in [6.07, 6.45) is 2.02. The van der Waals surface area contributed by atoms with Gasteiger partial charge in [0.05, 0.1) is 11.0 Å². The minimum Gasteiger partial charge on any atom is -0.298 e. The number of rotatable bonds is 0. The normalized spacial score (nSPS) is 11.5. The monoisotopic (exact) mass is 219 g/mol. The number of imidazole rings is 1. The molecule has 3 aromatic heterocycles. The molecular formula is C14H9N3. The number of hydrogen-bond acceptors (Lipinski definition) is 2. The first-order valence-electron chi connectivity index (χ1n) is 5.54. The van der Waals surface area contributed by atoms with Crippen molar-refractivity contribution in [1.29, 1.82) is 0 Å². The molecule has 17 heavy (non-hydrogen) atoms. The summed E-state index contributed by atoms with van der Waals surface area (Å²) in [4.78, 5) is 9.10. The molecule has 0 amide bonds. The number of para-hydroxylation sites is 1. The molecule has 3 heterocycles. The van der Waals surface area contributed by atoms with Crippen molar-refractivity contribution >= 4 is 27.7 Å². The number of nitrogens with zero attached hydrogens (tertiary/aromatic N) is 3. The number of aromatic nitrogens is 3. The van der Waals surface area contributed by atoms with Crippen LogP contribution in [0.3, 0.4) is 0 Å². The van der Waals surface area contributed by atoms with Gasteiger partial charge in [-0.1, -0.05) is 24.3 Å². The van der Waals surface area contributed by atoms with E-state index in [-0.39, 0.29) is 0 Å². The Bertz CT molecular complexity index is 840. The van der Waals surface area contributed by atoms with Crippen molar-refractivity contribution in [3.05, 3.63) is 54.7 Å². The lowest BCUT2D eigenvalue weighted by Crippen LogP contribution is -1.83. The van der Waals surface area contributed by atoms with Crippen LogP contribution in [0.2, 0.25) is 0 Å². The van der Waals surface area contributed by atoms with E-state index in [1.54, 1.807) is 0 Å². The molecule has 4 aromatic rings. The maximum absolute atomic E-state index is 4.58. The van der Waals surface area contributed by atoms with Crippen LogP contribution in [0.4, 0.5) is 0 Å². The van der Waals surface area contributed by atoms with Crippen LogP contribution in [0.5, 0.6) is 0 Å². The third-order valence-corrected chi connectivity index (χ3v) is 3.00. The molecule has 1 aromatic carbocycles. The van der Waals surface area contributed by atoms with E-state index in [4.69, 9.17) is 0 Å². The van der Waals surface area contributed by atoms with E-state index in [2.05, 4.69) is 26.5 Å². The summed E-state index contributed by atoms with van der Waals surface area (Å²) < 4.78 is 2.06. The fraction of sp³-hybridized carbons (Fsp3) is 0. The highest BCUT2D eigenvalue weighted by molar-refractivity contribution is 5.91. The summed E-state index contributed by atoms with van der Waals surface area (Å²) >= 11 is 0. The molecule has 0 aliphatic carbocycles. The third kappa shape index (κ3) is 1.16. The Morgan fingerprint density at radius 1 is 0.882 bits per heavy atom. The van der Waals surface area contributed by atoms with E-state index in [1.165, 1.54) is 0 Å². The first kappa shape index (κ1) is 8.70. The minimum atomic E-state index is 0.801. The molecule has 0 bridgehead atoms. The predicted molar refractivity (Wildman–Crippen MR) is 68.0 cm³/mol. The SMILES string of the molecule is c1ccc2nc3nc4ccccn4c3cc2c1. The van der Waals surface area contributed by atoms with Crippen molar-refractivity contribution in [2.24, 2.45) is 0 Å². The molecule has 0 aliphatic rings. The van der Waals surface area contributed by atoms with Crippen molar-refractivity contribution < 1.29 is 0 Å². The van der Waals surface area contributed by atoms with E-state index >= 15 is 0 Å². The summed E-state index contributed by atoms with van der Waals surface area (Å²) in [5.41, 5.74) is 3.78. The maximum Gasteiger partial charge on any atom is 0.179 e. The van der Waals surface area contributed by atoms with Gasteiger partial charge >= 0.3 is 0 Å². The first-order chi connectivity index (χ1) is 8.42. The van der Waals surface area contributed by atoms with Gasteiger partial charge in [-0.15, -0.1) is 0 Å². The van der Waals surface area contributed by atoms with Crippen LogP contribution in [0.15, 0.2) is 54.7 Å². The Hall–Kier alpha value is -2.42. The highest BCUT2D eigenvalue weighted by atomic mass is 15.0. The van der Waals surface area contributed by atoms with E-state index in [1.807, 2.05) is 42.6 Å². The van der Waals surface area contributed by atoms with Crippen LogP contribution in [0.25, 0.3) is 27.7 Å². The van der Waals surface area contributed by atoms with Crippen molar-refractivity contribution in [3.8, 4) is 0 Å². The van der Waals surface area contributed by atoms with E-state index < -0.39 is 0 Å². The molecule has 0 N–H and O–H groups in total. The zero-order valence-corrected chi connectivity index (χ0v) is 9.04. The van der Waals surface area contributed by atoms with Crippen LogP contribution in [0.1, 0.15) is 0 Å². The predicted octanol–water partition coefficient (Wildman–Crippen LogP) is 3.04. The molecule has 80 valence electrons. The fourth-order valence-electron chi connectivity index (χ4n) is 2.19. The average molecular weight is 219 g/mol. The third-order valence-electron chi connectivity index (χ3n) is 3.00. The van der Waals surface area contributed by atoms with Crippen LogP contribution < -0.4 is 0 Å². The van der Waals surface area contributed by atoms with Crippen LogP contribution in [-0.2, 0) is 0 Å². The molecule has 0 saturated carbocycles. The van der Waals surface area contributed by atoms with E-state index in [0.29, 0.717) is 0 Å². The average Bonchev–Trinajstić information content (AvgIpc) is 2.73. The van der Waals surface area contributed by atoms with Crippen molar-refractivity contribution in [2.75, 3.05) is 0 Å². The molecule has 4 rings (SSSR count). The van der Waals surface area contributed by atoms with Gasteiger partial charge in [0.15, 0.2) is 5.65 Å². The largest absolute Gasteiger partial charge is 0.298 e. The second kappa shape index (κ2) is 3.04. The standard InChI is InChI=1S/C14H9N3/c1-2-6-11-10(5-1)9-12-14(15-11)16-13-7-3-4-8-17(12)13/h1-9H. The first-order valence-corrected chi connectivity index (χ1v) is 5.54. The van der Waals surface area contributed by atoms with Gasteiger partial charge < -0.3 is 0 Å². The summed E-state index contributed by atoms with van der Waals surface area (Å²) in [6.45, 7) is 0. The van der Waals surface area contributed by atoms with E-state index in [0.717, 1.165) is 27.7 Å². The Morgan fingerprint density at radius 2 is 1.76 bits per heavy atom. The van der Waals surface area contributed by atoms with Crippen molar-refractivity contribution in [2.45, 2.75) is 0 Å². The van der Waals surface area contributed by atoms with Gasteiger partial charge in [-0.05, 0) is 24.3 Å². The fourth-order valence-corrected chi connectivity index (χ4v) is 2.19. The Labute approximate surface area is 97.4 Å². The summed E-state index contributed by atoms with van der Waals surface area (Å²) in [5, 5.41) is 1.14. The molecule has 3 heteroatoms. The lowest BCUT2D eigenvalue weighted by atomic mass is 10.2. The van der Waals surface area contributed by atoms with Gasteiger partial charge in [-0.3, -0.25) is 4.40 Å². The molecule has 0 saturated heterocycles. The second-order valence-electron chi connectivity index (χ2n) is 4.06. The molecular weight excluding hydrogens is 210 g/mol. The lowest BCUT2D eigenvalue weighted by Gasteiger charge is -1.97. The second-order valence-corrected chi connectivity index (χ2v) is 4.06. The Morgan fingerprint density at radius 3 is 2.76 bits per heavy atom. The van der Waals surface area contributed by atoms with Crippen LogP contribution in [0, 0.1) is 0 Å². The molecule has 0 unspecified atom stereocenters. The summed E-state index contributed by atoms with van der Waals surface area (Å²) in [6, 6.07) is 16.2. The van der Waals surface area contributed by atoms with Gasteiger partial charge in [0.25, 0.3) is 0 Å². The summed E-state index contributed by atoms with van der Waals surface area (Å²) in [5.74, 6) is 0. The van der Waals surface area contributed by atoms with E-state index in [9.17, 15) is 0 Å².